The van der Waals surface area contributed by atoms with Gasteiger partial charge in [-0.2, -0.15) is 8.78 Å². The molecule has 2 rings (SSSR count). The topological polar surface area (TPSA) is 41.3 Å². The average molecular weight is 231 g/mol. The number of alkyl halides is 2. The number of likely N-dealkylation sites (tertiary alicyclic amines) is 1. The number of hydrogen-bond acceptors (Lipinski definition) is 3. The van der Waals surface area contributed by atoms with Gasteiger partial charge in [-0.3, -0.25) is 9.47 Å². The third-order valence-electron chi connectivity index (χ3n) is 2.95. The Kier molecular flexibility index (Phi) is 3.50. The summed E-state index contributed by atoms with van der Waals surface area (Å²) >= 11 is 0. The Labute approximate surface area is 92.5 Å². The van der Waals surface area contributed by atoms with E-state index in [0.29, 0.717) is 12.4 Å². The molecule has 1 N–H and O–H groups in total. The van der Waals surface area contributed by atoms with Crippen molar-refractivity contribution in [2.45, 2.75) is 19.5 Å². The van der Waals surface area contributed by atoms with Gasteiger partial charge in [0, 0.05) is 25.5 Å². The molecule has 2 heterocycles. The van der Waals surface area contributed by atoms with Gasteiger partial charge in [0.15, 0.2) is 0 Å². The first-order chi connectivity index (χ1) is 7.70. The molecule has 6 heteroatoms. The summed E-state index contributed by atoms with van der Waals surface area (Å²) in [6.45, 7) is -0.351. The Balaban J connectivity index is 1.96. The van der Waals surface area contributed by atoms with Crippen LogP contribution in [0.1, 0.15) is 18.8 Å². The molecule has 0 bridgehead atoms. The van der Waals surface area contributed by atoms with Crippen LogP contribution in [-0.4, -0.2) is 39.3 Å². The molecule has 16 heavy (non-hydrogen) atoms. The average Bonchev–Trinajstić information content (AvgIpc) is 2.87. The van der Waals surface area contributed by atoms with Crippen LogP contribution in [0, 0.1) is 5.92 Å². The Morgan fingerprint density at radius 1 is 1.56 bits per heavy atom. The molecule has 0 aliphatic carbocycles. The monoisotopic (exact) mass is 231 g/mol. The minimum Gasteiger partial charge on any atom is -0.396 e. The summed E-state index contributed by atoms with van der Waals surface area (Å²) in [6.07, 6.45) is 3.60. The maximum Gasteiger partial charge on any atom is 0.319 e. The lowest BCUT2D eigenvalue weighted by atomic mass is 10.1. The highest BCUT2D eigenvalue weighted by molar-refractivity contribution is 4.94. The van der Waals surface area contributed by atoms with Gasteiger partial charge >= 0.3 is 6.55 Å². The molecule has 1 atom stereocenters. The Morgan fingerprint density at radius 3 is 3.00 bits per heavy atom. The van der Waals surface area contributed by atoms with Crippen molar-refractivity contribution in [3.8, 4) is 0 Å². The van der Waals surface area contributed by atoms with E-state index in [1.807, 2.05) is 4.90 Å². The van der Waals surface area contributed by atoms with Gasteiger partial charge in [-0.25, -0.2) is 4.98 Å². The molecule has 1 aromatic rings. The number of nitrogens with zero attached hydrogens (tertiary/aromatic N) is 3. The molecule has 0 amide bonds. The number of aliphatic hydroxyl groups excluding tert-OH is 1. The van der Waals surface area contributed by atoms with Gasteiger partial charge in [0.1, 0.15) is 5.82 Å². The molecular formula is C10H15F2N3O. The van der Waals surface area contributed by atoms with Crippen LogP contribution in [0.15, 0.2) is 12.4 Å². The summed E-state index contributed by atoms with van der Waals surface area (Å²) < 4.78 is 26.0. The number of rotatable bonds is 4. The number of aromatic nitrogens is 2. The second-order valence-corrected chi connectivity index (χ2v) is 4.10. The van der Waals surface area contributed by atoms with Crippen molar-refractivity contribution >= 4 is 0 Å². The highest BCUT2D eigenvalue weighted by atomic mass is 19.3. The van der Waals surface area contributed by atoms with Gasteiger partial charge in [0.25, 0.3) is 0 Å². The lowest BCUT2D eigenvalue weighted by Gasteiger charge is -2.15. The summed E-state index contributed by atoms with van der Waals surface area (Å²) in [6, 6.07) is 0. The largest absolute Gasteiger partial charge is 0.396 e. The summed E-state index contributed by atoms with van der Waals surface area (Å²) in [4.78, 5) is 5.97. The number of aliphatic hydroxyl groups is 1. The smallest absolute Gasteiger partial charge is 0.319 e. The fraction of sp³-hybridized carbons (Fsp3) is 0.700. The second-order valence-electron chi connectivity index (χ2n) is 4.10. The van der Waals surface area contributed by atoms with Gasteiger partial charge in [-0.1, -0.05) is 0 Å². The third kappa shape index (κ3) is 2.38. The lowest BCUT2D eigenvalue weighted by Crippen LogP contribution is -2.23. The van der Waals surface area contributed by atoms with Crippen LogP contribution >= 0.6 is 0 Å². The molecular weight excluding hydrogens is 216 g/mol. The van der Waals surface area contributed by atoms with Gasteiger partial charge in [0.2, 0.25) is 0 Å². The second kappa shape index (κ2) is 4.88. The van der Waals surface area contributed by atoms with Crippen molar-refractivity contribution in [2.75, 3.05) is 19.7 Å². The minimum atomic E-state index is -2.53. The van der Waals surface area contributed by atoms with E-state index in [4.69, 9.17) is 5.11 Å². The molecule has 4 nitrogen and oxygen atoms in total. The first kappa shape index (κ1) is 11.5. The quantitative estimate of drug-likeness (QED) is 0.843. The van der Waals surface area contributed by atoms with Crippen molar-refractivity contribution in [3.63, 3.8) is 0 Å². The van der Waals surface area contributed by atoms with Crippen LogP contribution in [0.2, 0.25) is 0 Å². The van der Waals surface area contributed by atoms with Crippen molar-refractivity contribution in [3.05, 3.63) is 18.2 Å². The highest BCUT2D eigenvalue weighted by Gasteiger charge is 2.23. The van der Waals surface area contributed by atoms with Crippen LogP contribution in [0.25, 0.3) is 0 Å². The van der Waals surface area contributed by atoms with Gasteiger partial charge in [-0.05, 0) is 18.9 Å². The van der Waals surface area contributed by atoms with Gasteiger partial charge in [0.05, 0.1) is 6.54 Å². The molecule has 1 fully saturated rings. The molecule has 0 spiro atoms. The van der Waals surface area contributed by atoms with Crippen molar-refractivity contribution in [1.82, 2.24) is 14.5 Å². The number of hydrogen-bond donors (Lipinski definition) is 1. The highest BCUT2D eigenvalue weighted by Crippen LogP contribution is 2.19. The summed E-state index contributed by atoms with van der Waals surface area (Å²) in [5.41, 5.74) is 0. The zero-order valence-corrected chi connectivity index (χ0v) is 8.89. The van der Waals surface area contributed by atoms with Gasteiger partial charge in [-0.15, -0.1) is 0 Å². The number of halogens is 2. The van der Waals surface area contributed by atoms with Crippen LogP contribution in [-0.2, 0) is 6.54 Å². The molecule has 90 valence electrons. The van der Waals surface area contributed by atoms with Crippen LogP contribution in [0.3, 0.4) is 0 Å². The third-order valence-corrected chi connectivity index (χ3v) is 2.95. The van der Waals surface area contributed by atoms with Crippen LogP contribution in [0.5, 0.6) is 0 Å². The molecule has 0 saturated carbocycles. The van der Waals surface area contributed by atoms with E-state index in [-0.39, 0.29) is 12.5 Å². The normalized spacial score (nSPS) is 22.1. The van der Waals surface area contributed by atoms with Crippen LogP contribution in [0.4, 0.5) is 8.78 Å². The fourth-order valence-corrected chi connectivity index (χ4v) is 2.05. The molecule has 1 unspecified atom stereocenters. The van der Waals surface area contributed by atoms with E-state index in [1.165, 1.54) is 12.4 Å². The molecule has 1 aromatic heterocycles. The maximum atomic E-state index is 12.5. The lowest BCUT2D eigenvalue weighted by molar-refractivity contribution is 0.0643. The summed E-state index contributed by atoms with van der Waals surface area (Å²) in [5, 5.41) is 8.99. The zero-order chi connectivity index (χ0) is 11.5. The standard InChI is InChI=1S/C10H15F2N3O/c11-10(12)15-4-2-13-9(15)6-14-3-1-8(5-14)7-16/h2,4,8,10,16H,1,3,5-7H2. The van der Waals surface area contributed by atoms with E-state index in [0.717, 1.165) is 24.1 Å². The van der Waals surface area contributed by atoms with E-state index in [2.05, 4.69) is 4.98 Å². The minimum absolute atomic E-state index is 0.166. The molecule has 1 aliphatic heterocycles. The van der Waals surface area contributed by atoms with Crippen molar-refractivity contribution in [2.24, 2.45) is 5.92 Å². The van der Waals surface area contributed by atoms with E-state index < -0.39 is 6.55 Å². The summed E-state index contributed by atoms with van der Waals surface area (Å²) in [5.74, 6) is 0.656. The fourth-order valence-electron chi connectivity index (χ4n) is 2.05. The predicted molar refractivity (Wildman–Crippen MR) is 53.9 cm³/mol. The summed E-state index contributed by atoms with van der Waals surface area (Å²) in [7, 11) is 0. The van der Waals surface area contributed by atoms with Gasteiger partial charge < -0.3 is 5.11 Å². The Hall–Kier alpha value is -1.01. The van der Waals surface area contributed by atoms with E-state index >= 15 is 0 Å². The Bertz CT molecular complexity index is 343. The van der Waals surface area contributed by atoms with E-state index in [1.54, 1.807) is 0 Å². The predicted octanol–water partition coefficient (Wildman–Crippen LogP) is 1.09. The van der Waals surface area contributed by atoms with Crippen molar-refractivity contribution < 1.29 is 13.9 Å². The molecule has 1 aliphatic rings. The first-order valence-electron chi connectivity index (χ1n) is 5.33. The molecule has 0 aromatic carbocycles. The molecule has 1 saturated heterocycles. The zero-order valence-electron chi connectivity index (χ0n) is 8.89. The maximum absolute atomic E-state index is 12.5. The SMILES string of the molecule is OCC1CCN(Cc2nccn2C(F)F)C1. The Morgan fingerprint density at radius 2 is 2.38 bits per heavy atom. The van der Waals surface area contributed by atoms with E-state index in [9.17, 15) is 8.78 Å². The number of imidazole rings is 1. The first-order valence-corrected chi connectivity index (χ1v) is 5.33. The molecule has 0 radical (unpaired) electrons. The van der Waals surface area contributed by atoms with Crippen LogP contribution < -0.4 is 0 Å². The van der Waals surface area contributed by atoms with Crippen molar-refractivity contribution in [1.29, 1.82) is 0 Å².